The third-order valence-electron chi connectivity index (χ3n) is 2.87. The Morgan fingerprint density at radius 2 is 2.06 bits per heavy atom. The molecule has 1 aromatic carbocycles. The zero-order chi connectivity index (χ0) is 12.7. The second-order valence-corrected chi connectivity index (χ2v) is 4.75. The van der Waals surface area contributed by atoms with E-state index in [1.165, 1.54) is 12.1 Å². The number of halogens is 2. The minimum Gasteiger partial charge on any atom is -0.349 e. The first-order valence-electron chi connectivity index (χ1n) is 5.47. The van der Waals surface area contributed by atoms with Crippen LogP contribution < -0.4 is 5.32 Å². The quantitative estimate of drug-likeness (QED) is 0.878. The Kier molecular flexibility index (Phi) is 2.66. The van der Waals surface area contributed by atoms with Gasteiger partial charge in [0.05, 0.1) is 6.54 Å². The molecule has 0 atom stereocenters. The molecule has 3 rings (SSSR count). The van der Waals surface area contributed by atoms with E-state index in [-0.39, 0.29) is 11.7 Å². The molecule has 0 unspecified atom stereocenters. The molecule has 1 aliphatic rings. The van der Waals surface area contributed by atoms with Crippen molar-refractivity contribution in [3.05, 3.63) is 40.4 Å². The van der Waals surface area contributed by atoms with Crippen molar-refractivity contribution in [1.82, 2.24) is 15.1 Å². The molecule has 1 aliphatic heterocycles. The molecular weight excluding hydrogens is 301 g/mol. The lowest BCUT2D eigenvalue weighted by Crippen LogP contribution is -2.35. The van der Waals surface area contributed by atoms with E-state index in [2.05, 4.69) is 26.3 Å². The van der Waals surface area contributed by atoms with Crippen LogP contribution in [0.3, 0.4) is 0 Å². The minimum absolute atomic E-state index is 0.154. The van der Waals surface area contributed by atoms with Gasteiger partial charge in [-0.05, 0) is 33.6 Å². The smallest absolute Gasteiger partial charge is 0.270 e. The molecule has 0 bridgehead atoms. The van der Waals surface area contributed by atoms with Gasteiger partial charge in [-0.15, -0.1) is 0 Å². The van der Waals surface area contributed by atoms with E-state index in [1.807, 2.05) is 0 Å². The number of benzene rings is 1. The second kappa shape index (κ2) is 4.20. The first kappa shape index (κ1) is 11.4. The molecular formula is C12H9BrFN3O. The average Bonchev–Trinajstić information content (AvgIpc) is 2.68. The molecule has 6 heteroatoms. The molecule has 1 amide bonds. The van der Waals surface area contributed by atoms with Gasteiger partial charge < -0.3 is 5.32 Å². The number of hydrogen-bond acceptors (Lipinski definition) is 2. The number of aromatic nitrogens is 2. The predicted octanol–water partition coefficient (Wildman–Crippen LogP) is 2.20. The molecule has 0 fully saturated rings. The number of nitrogens with one attached hydrogen (secondary N) is 1. The first-order valence-corrected chi connectivity index (χ1v) is 6.26. The van der Waals surface area contributed by atoms with Crippen LogP contribution in [0.4, 0.5) is 4.39 Å². The van der Waals surface area contributed by atoms with E-state index in [4.69, 9.17) is 0 Å². The summed E-state index contributed by atoms with van der Waals surface area (Å²) in [6.45, 7) is 1.21. The van der Waals surface area contributed by atoms with Crippen molar-refractivity contribution in [3.8, 4) is 11.1 Å². The van der Waals surface area contributed by atoms with E-state index in [1.54, 1.807) is 16.8 Å². The van der Waals surface area contributed by atoms with Gasteiger partial charge in [-0.3, -0.25) is 9.48 Å². The number of fused-ring (bicyclic) bond motifs is 1. The van der Waals surface area contributed by atoms with Crippen molar-refractivity contribution in [2.24, 2.45) is 0 Å². The monoisotopic (exact) mass is 309 g/mol. The lowest BCUT2D eigenvalue weighted by Gasteiger charge is -2.15. The third-order valence-corrected chi connectivity index (χ3v) is 3.42. The van der Waals surface area contributed by atoms with Crippen LogP contribution in [0, 0.1) is 5.82 Å². The fraction of sp³-hybridized carbons (Fsp3) is 0.167. The number of hydrogen-bond donors (Lipinski definition) is 1. The fourth-order valence-electron chi connectivity index (χ4n) is 2.06. The van der Waals surface area contributed by atoms with Crippen LogP contribution in [-0.2, 0) is 6.54 Å². The summed E-state index contributed by atoms with van der Waals surface area (Å²) >= 11 is 3.35. The van der Waals surface area contributed by atoms with Crippen molar-refractivity contribution >= 4 is 21.8 Å². The van der Waals surface area contributed by atoms with Crippen molar-refractivity contribution in [3.63, 3.8) is 0 Å². The molecule has 1 N–H and O–H groups in total. The lowest BCUT2D eigenvalue weighted by molar-refractivity contribution is 0.0925. The Labute approximate surface area is 111 Å². The van der Waals surface area contributed by atoms with Gasteiger partial charge in [0.15, 0.2) is 0 Å². The maximum atomic E-state index is 12.9. The van der Waals surface area contributed by atoms with Crippen LogP contribution in [0.2, 0.25) is 0 Å². The summed E-state index contributed by atoms with van der Waals surface area (Å²) < 4.78 is 15.2. The standard InChI is InChI=1S/C12H9BrFN3O/c13-11-9(7-1-3-8(14)4-2-7)10-12(18)15-5-6-17(10)16-11/h1-4H,5-6H2,(H,15,18). The number of carbonyl (C=O) groups excluding carboxylic acids is 1. The van der Waals surface area contributed by atoms with Crippen LogP contribution in [0.15, 0.2) is 28.9 Å². The van der Waals surface area contributed by atoms with E-state index in [0.717, 1.165) is 5.56 Å². The molecule has 92 valence electrons. The van der Waals surface area contributed by atoms with Crippen LogP contribution in [0.5, 0.6) is 0 Å². The van der Waals surface area contributed by atoms with Gasteiger partial charge in [0.2, 0.25) is 0 Å². The molecule has 0 aliphatic carbocycles. The summed E-state index contributed by atoms with van der Waals surface area (Å²) in [6, 6.07) is 6.01. The van der Waals surface area contributed by atoms with Crippen LogP contribution in [-0.4, -0.2) is 22.2 Å². The van der Waals surface area contributed by atoms with E-state index in [9.17, 15) is 9.18 Å². The van der Waals surface area contributed by atoms with Crippen LogP contribution in [0.25, 0.3) is 11.1 Å². The van der Waals surface area contributed by atoms with Crippen molar-refractivity contribution in [2.45, 2.75) is 6.54 Å². The highest BCUT2D eigenvalue weighted by Gasteiger charge is 2.26. The molecule has 0 saturated carbocycles. The minimum atomic E-state index is -0.305. The molecule has 1 aromatic heterocycles. The molecule has 2 aromatic rings. The predicted molar refractivity (Wildman–Crippen MR) is 67.7 cm³/mol. The highest BCUT2D eigenvalue weighted by molar-refractivity contribution is 9.10. The maximum absolute atomic E-state index is 12.9. The van der Waals surface area contributed by atoms with Gasteiger partial charge in [0.25, 0.3) is 5.91 Å². The highest BCUT2D eigenvalue weighted by atomic mass is 79.9. The summed E-state index contributed by atoms with van der Waals surface area (Å²) in [5.74, 6) is -0.459. The summed E-state index contributed by atoms with van der Waals surface area (Å²) in [5, 5.41) is 7.06. The van der Waals surface area contributed by atoms with E-state index < -0.39 is 0 Å². The molecule has 4 nitrogen and oxygen atoms in total. The SMILES string of the molecule is O=C1NCCn2nc(Br)c(-c3ccc(F)cc3)c21. The largest absolute Gasteiger partial charge is 0.349 e. The Morgan fingerprint density at radius 3 is 2.78 bits per heavy atom. The fourth-order valence-corrected chi connectivity index (χ4v) is 2.66. The van der Waals surface area contributed by atoms with Gasteiger partial charge in [-0.25, -0.2) is 4.39 Å². The molecule has 0 saturated heterocycles. The summed E-state index contributed by atoms with van der Waals surface area (Å²) in [7, 11) is 0. The highest BCUT2D eigenvalue weighted by Crippen LogP contribution is 2.32. The molecule has 18 heavy (non-hydrogen) atoms. The Hall–Kier alpha value is -1.69. The van der Waals surface area contributed by atoms with Crippen molar-refractivity contribution < 1.29 is 9.18 Å². The zero-order valence-electron chi connectivity index (χ0n) is 9.28. The third kappa shape index (κ3) is 1.73. The lowest BCUT2D eigenvalue weighted by atomic mass is 10.1. The first-order chi connectivity index (χ1) is 8.66. The van der Waals surface area contributed by atoms with Crippen LogP contribution >= 0.6 is 15.9 Å². The van der Waals surface area contributed by atoms with Crippen molar-refractivity contribution in [1.29, 1.82) is 0 Å². The van der Waals surface area contributed by atoms with E-state index in [0.29, 0.717) is 29.0 Å². The van der Waals surface area contributed by atoms with Gasteiger partial charge in [-0.2, -0.15) is 5.10 Å². The van der Waals surface area contributed by atoms with Crippen LogP contribution in [0.1, 0.15) is 10.5 Å². The van der Waals surface area contributed by atoms with Gasteiger partial charge in [-0.1, -0.05) is 12.1 Å². The second-order valence-electron chi connectivity index (χ2n) is 4.00. The Balaban J connectivity index is 2.20. The molecule has 0 radical (unpaired) electrons. The Bertz CT molecular complexity index is 621. The topological polar surface area (TPSA) is 46.9 Å². The maximum Gasteiger partial charge on any atom is 0.270 e. The zero-order valence-corrected chi connectivity index (χ0v) is 10.9. The number of rotatable bonds is 1. The van der Waals surface area contributed by atoms with Crippen molar-refractivity contribution in [2.75, 3.05) is 6.54 Å². The normalized spacial score (nSPS) is 14.2. The summed E-state index contributed by atoms with van der Waals surface area (Å²) in [5.41, 5.74) is 1.98. The Morgan fingerprint density at radius 1 is 1.33 bits per heavy atom. The summed E-state index contributed by atoms with van der Waals surface area (Å²) in [4.78, 5) is 11.9. The summed E-state index contributed by atoms with van der Waals surface area (Å²) in [6.07, 6.45) is 0. The number of amides is 1. The molecule has 2 heterocycles. The number of carbonyl (C=O) groups is 1. The van der Waals surface area contributed by atoms with Gasteiger partial charge >= 0.3 is 0 Å². The van der Waals surface area contributed by atoms with E-state index >= 15 is 0 Å². The van der Waals surface area contributed by atoms with Gasteiger partial charge in [0.1, 0.15) is 16.1 Å². The molecule has 0 spiro atoms. The number of nitrogens with zero attached hydrogens (tertiary/aromatic N) is 2. The van der Waals surface area contributed by atoms with Gasteiger partial charge in [0, 0.05) is 12.1 Å². The average molecular weight is 310 g/mol.